The van der Waals surface area contributed by atoms with Crippen molar-refractivity contribution in [1.82, 2.24) is 15.6 Å². The van der Waals surface area contributed by atoms with E-state index in [1.54, 1.807) is 18.4 Å². The Balaban J connectivity index is 0.00000288. The number of guanidine groups is 1. The van der Waals surface area contributed by atoms with Crippen LogP contribution in [-0.4, -0.2) is 32.1 Å². The van der Waals surface area contributed by atoms with Crippen LogP contribution in [0.1, 0.15) is 23.7 Å². The van der Waals surface area contributed by atoms with Crippen LogP contribution >= 0.6 is 35.3 Å². The largest absolute Gasteiger partial charge is 0.354 e. The van der Waals surface area contributed by atoms with Crippen LogP contribution < -0.4 is 15.5 Å². The third-order valence-electron chi connectivity index (χ3n) is 3.53. The summed E-state index contributed by atoms with van der Waals surface area (Å²) < 4.78 is 0. The Morgan fingerprint density at radius 3 is 2.42 bits per heavy atom. The molecule has 1 aromatic heterocycles. The van der Waals surface area contributed by atoms with Crippen LogP contribution in [0.25, 0.3) is 0 Å². The topological polar surface area (TPSA) is 52.6 Å². The first kappa shape index (κ1) is 20.7. The summed E-state index contributed by atoms with van der Waals surface area (Å²) in [5.41, 5.74) is 3.70. The molecule has 0 aliphatic carbocycles. The van der Waals surface area contributed by atoms with E-state index in [-0.39, 0.29) is 24.0 Å². The lowest BCUT2D eigenvalue weighted by molar-refractivity contribution is 0.792. The average Bonchev–Trinajstić information content (AvgIpc) is 3.04. The molecule has 0 saturated carbocycles. The van der Waals surface area contributed by atoms with Crippen LogP contribution in [-0.2, 0) is 19.5 Å². The summed E-state index contributed by atoms with van der Waals surface area (Å²) in [5.74, 6) is 0.787. The Morgan fingerprint density at radius 1 is 1.17 bits per heavy atom. The second-order valence-electron chi connectivity index (χ2n) is 5.42. The molecule has 0 radical (unpaired) electrons. The lowest BCUT2D eigenvalue weighted by Gasteiger charge is -2.13. The molecule has 2 N–H and O–H groups in total. The zero-order valence-corrected chi connectivity index (χ0v) is 17.8. The van der Waals surface area contributed by atoms with Gasteiger partial charge in [-0.05, 0) is 17.5 Å². The van der Waals surface area contributed by atoms with E-state index in [0.717, 1.165) is 29.8 Å². The zero-order valence-electron chi connectivity index (χ0n) is 14.7. The average molecular weight is 459 g/mol. The van der Waals surface area contributed by atoms with Crippen molar-refractivity contribution in [2.45, 2.75) is 26.4 Å². The van der Waals surface area contributed by atoms with Gasteiger partial charge in [0.05, 0.1) is 12.2 Å². The number of nitrogens with zero attached hydrogens (tertiary/aromatic N) is 3. The van der Waals surface area contributed by atoms with Crippen molar-refractivity contribution in [3.05, 3.63) is 46.5 Å². The molecule has 0 spiro atoms. The van der Waals surface area contributed by atoms with E-state index < -0.39 is 0 Å². The maximum Gasteiger partial charge on any atom is 0.191 e. The quantitative estimate of drug-likeness (QED) is 0.396. The number of aryl methyl sites for hydroxylation is 1. The molecule has 0 amide bonds. The van der Waals surface area contributed by atoms with Gasteiger partial charge in [-0.2, -0.15) is 0 Å². The van der Waals surface area contributed by atoms with Gasteiger partial charge >= 0.3 is 0 Å². The van der Waals surface area contributed by atoms with Gasteiger partial charge in [-0.1, -0.05) is 31.2 Å². The molecular formula is C17H26IN5S. The Hall–Kier alpha value is -1.35. The summed E-state index contributed by atoms with van der Waals surface area (Å²) in [6, 6.07) is 8.48. The highest BCUT2D eigenvalue weighted by Gasteiger charge is 2.05. The van der Waals surface area contributed by atoms with Gasteiger partial charge in [-0.15, -0.1) is 35.3 Å². The lowest BCUT2D eigenvalue weighted by atomic mass is 10.1. The van der Waals surface area contributed by atoms with E-state index in [2.05, 4.69) is 57.2 Å². The molecule has 0 atom stereocenters. The molecule has 0 aliphatic rings. The van der Waals surface area contributed by atoms with Crippen molar-refractivity contribution in [3.63, 3.8) is 0 Å². The Bertz CT molecular complexity index is 654. The smallest absolute Gasteiger partial charge is 0.191 e. The number of rotatable bonds is 6. The molecule has 132 valence electrons. The zero-order chi connectivity index (χ0) is 16.7. The minimum absolute atomic E-state index is 0. The third-order valence-corrected chi connectivity index (χ3v) is 4.59. The van der Waals surface area contributed by atoms with Gasteiger partial charge in [-0.3, -0.25) is 4.99 Å². The van der Waals surface area contributed by atoms with Gasteiger partial charge in [0.15, 0.2) is 11.1 Å². The molecule has 0 fully saturated rings. The monoisotopic (exact) mass is 459 g/mol. The minimum Gasteiger partial charge on any atom is -0.354 e. The van der Waals surface area contributed by atoms with Crippen LogP contribution in [0, 0.1) is 0 Å². The van der Waals surface area contributed by atoms with E-state index >= 15 is 0 Å². The molecule has 1 heterocycles. The Labute approximate surface area is 165 Å². The van der Waals surface area contributed by atoms with Crippen molar-refractivity contribution < 1.29 is 0 Å². The van der Waals surface area contributed by atoms with Crippen molar-refractivity contribution in [2.75, 3.05) is 26.0 Å². The molecular weight excluding hydrogens is 433 g/mol. The fraction of sp³-hybridized carbons (Fsp3) is 0.412. The van der Waals surface area contributed by atoms with Gasteiger partial charge in [-0.25, -0.2) is 4.98 Å². The summed E-state index contributed by atoms with van der Waals surface area (Å²) in [4.78, 5) is 10.9. The molecule has 2 aromatic rings. The number of hydrogen-bond donors (Lipinski definition) is 2. The third kappa shape index (κ3) is 5.94. The maximum atomic E-state index is 4.56. The molecule has 0 unspecified atom stereocenters. The van der Waals surface area contributed by atoms with Crippen LogP contribution in [0.5, 0.6) is 0 Å². The summed E-state index contributed by atoms with van der Waals surface area (Å²) in [5, 5.41) is 9.76. The molecule has 0 aliphatic heterocycles. The molecule has 0 bridgehead atoms. The lowest BCUT2D eigenvalue weighted by Crippen LogP contribution is -2.36. The van der Waals surface area contributed by atoms with Crippen LogP contribution in [0.15, 0.2) is 34.6 Å². The number of aliphatic imine (C=N–C) groups is 1. The number of aromatic nitrogens is 1. The molecule has 1 aromatic carbocycles. The maximum absolute atomic E-state index is 4.56. The van der Waals surface area contributed by atoms with E-state index in [1.165, 1.54) is 11.1 Å². The van der Waals surface area contributed by atoms with Crippen LogP contribution in [0.3, 0.4) is 0 Å². The van der Waals surface area contributed by atoms with E-state index in [9.17, 15) is 0 Å². The molecule has 7 heteroatoms. The van der Waals surface area contributed by atoms with Gasteiger partial charge in [0.25, 0.3) is 0 Å². The standard InChI is InChI=1S/C17H25N5S.HI/c1-5-13-8-6-7-9-14(13)10-19-16(18-2)20-11-15-12-23-17(21-15)22(3)4;/h6-9,12H,5,10-11H2,1-4H3,(H2,18,19,20);1H. The molecule has 24 heavy (non-hydrogen) atoms. The predicted molar refractivity (Wildman–Crippen MR) is 115 cm³/mol. The van der Waals surface area contributed by atoms with Crippen LogP contribution in [0.4, 0.5) is 5.13 Å². The minimum atomic E-state index is 0. The number of hydrogen-bond acceptors (Lipinski definition) is 4. The number of thiazole rings is 1. The first-order valence-electron chi connectivity index (χ1n) is 7.77. The molecule has 5 nitrogen and oxygen atoms in total. The van der Waals surface area contributed by atoms with Gasteiger partial charge in [0.1, 0.15) is 0 Å². The van der Waals surface area contributed by atoms with Crippen molar-refractivity contribution in [1.29, 1.82) is 0 Å². The number of halogens is 1. The molecule has 2 rings (SSSR count). The predicted octanol–water partition coefficient (Wildman–Crippen LogP) is 3.25. The van der Waals surface area contributed by atoms with E-state index in [1.807, 2.05) is 19.0 Å². The van der Waals surface area contributed by atoms with Crippen molar-refractivity contribution in [2.24, 2.45) is 4.99 Å². The van der Waals surface area contributed by atoms with Crippen molar-refractivity contribution >= 4 is 46.4 Å². The van der Waals surface area contributed by atoms with Gasteiger partial charge in [0, 0.05) is 33.1 Å². The van der Waals surface area contributed by atoms with Crippen molar-refractivity contribution in [3.8, 4) is 0 Å². The highest BCUT2D eigenvalue weighted by Crippen LogP contribution is 2.17. The van der Waals surface area contributed by atoms with Gasteiger partial charge < -0.3 is 15.5 Å². The highest BCUT2D eigenvalue weighted by molar-refractivity contribution is 14.0. The second-order valence-corrected chi connectivity index (χ2v) is 6.25. The first-order chi connectivity index (χ1) is 11.1. The summed E-state index contributed by atoms with van der Waals surface area (Å²) in [7, 11) is 5.79. The summed E-state index contributed by atoms with van der Waals surface area (Å²) in [6.07, 6.45) is 1.04. The second kappa shape index (κ2) is 10.5. The summed E-state index contributed by atoms with van der Waals surface area (Å²) >= 11 is 1.65. The van der Waals surface area contributed by atoms with E-state index in [4.69, 9.17) is 0 Å². The number of anilines is 1. The SMILES string of the molecule is CCc1ccccc1CNC(=NC)NCc1csc(N(C)C)n1.I. The fourth-order valence-corrected chi connectivity index (χ4v) is 2.99. The number of benzene rings is 1. The summed E-state index contributed by atoms with van der Waals surface area (Å²) in [6.45, 7) is 3.61. The molecule has 0 saturated heterocycles. The van der Waals surface area contributed by atoms with Crippen LogP contribution in [0.2, 0.25) is 0 Å². The Kier molecular flexibility index (Phi) is 9.05. The normalized spacial score (nSPS) is 10.9. The Morgan fingerprint density at radius 2 is 1.83 bits per heavy atom. The number of nitrogens with one attached hydrogen (secondary N) is 2. The van der Waals surface area contributed by atoms with Gasteiger partial charge in [0.2, 0.25) is 0 Å². The van der Waals surface area contributed by atoms with E-state index in [0.29, 0.717) is 6.54 Å². The fourth-order valence-electron chi connectivity index (χ4n) is 2.23. The first-order valence-corrected chi connectivity index (χ1v) is 8.65. The highest BCUT2D eigenvalue weighted by atomic mass is 127.